The minimum Gasteiger partial charge on any atom is -0.326 e. The van der Waals surface area contributed by atoms with Gasteiger partial charge in [0.15, 0.2) is 5.13 Å². The van der Waals surface area contributed by atoms with Gasteiger partial charge < -0.3 is 5.32 Å². The molecule has 5 nitrogen and oxygen atoms in total. The Morgan fingerprint density at radius 1 is 1.12 bits per heavy atom. The SMILES string of the molecule is CCC(=O)Nc1cccc(C(=O)Nc2nc(-c3ccc(Cl)cc3)cs2)c1. The average Bonchev–Trinajstić information content (AvgIpc) is 3.11. The smallest absolute Gasteiger partial charge is 0.257 e. The molecule has 2 amide bonds. The molecule has 3 rings (SSSR count). The number of benzene rings is 2. The van der Waals surface area contributed by atoms with Gasteiger partial charge in [0.2, 0.25) is 5.91 Å². The highest BCUT2D eigenvalue weighted by Gasteiger charge is 2.11. The Hall–Kier alpha value is -2.70. The van der Waals surface area contributed by atoms with Crippen LogP contribution in [0.2, 0.25) is 5.02 Å². The zero-order chi connectivity index (χ0) is 18.5. The monoisotopic (exact) mass is 385 g/mol. The van der Waals surface area contributed by atoms with E-state index in [9.17, 15) is 9.59 Å². The van der Waals surface area contributed by atoms with Crippen LogP contribution in [0.25, 0.3) is 11.3 Å². The van der Waals surface area contributed by atoms with Crippen molar-refractivity contribution < 1.29 is 9.59 Å². The number of hydrogen-bond donors (Lipinski definition) is 2. The first-order valence-electron chi connectivity index (χ1n) is 7.98. The molecule has 1 heterocycles. The molecule has 7 heteroatoms. The van der Waals surface area contributed by atoms with Gasteiger partial charge in [-0.05, 0) is 30.3 Å². The van der Waals surface area contributed by atoms with Crippen molar-refractivity contribution in [3.8, 4) is 11.3 Å². The third kappa shape index (κ3) is 4.47. The quantitative estimate of drug-likeness (QED) is 0.644. The summed E-state index contributed by atoms with van der Waals surface area (Å²) in [6.07, 6.45) is 0.378. The van der Waals surface area contributed by atoms with Gasteiger partial charge >= 0.3 is 0 Å². The molecular weight excluding hydrogens is 370 g/mol. The van der Waals surface area contributed by atoms with Crippen molar-refractivity contribution in [1.82, 2.24) is 4.98 Å². The van der Waals surface area contributed by atoms with Crippen LogP contribution >= 0.6 is 22.9 Å². The van der Waals surface area contributed by atoms with Crippen molar-refractivity contribution in [3.63, 3.8) is 0 Å². The fourth-order valence-corrected chi connectivity index (χ4v) is 3.08. The maximum atomic E-state index is 12.4. The van der Waals surface area contributed by atoms with Gasteiger partial charge in [-0.25, -0.2) is 4.98 Å². The second-order valence-electron chi connectivity index (χ2n) is 5.48. The van der Waals surface area contributed by atoms with Crippen molar-refractivity contribution in [3.05, 3.63) is 64.5 Å². The summed E-state index contributed by atoms with van der Waals surface area (Å²) >= 11 is 7.24. The van der Waals surface area contributed by atoms with Crippen molar-refractivity contribution in [1.29, 1.82) is 0 Å². The lowest BCUT2D eigenvalue weighted by Crippen LogP contribution is -2.13. The second kappa shape index (κ2) is 8.12. The van der Waals surface area contributed by atoms with Crippen molar-refractivity contribution in [2.45, 2.75) is 13.3 Å². The molecule has 26 heavy (non-hydrogen) atoms. The summed E-state index contributed by atoms with van der Waals surface area (Å²) in [6, 6.07) is 14.1. The van der Waals surface area contributed by atoms with Gasteiger partial charge in [-0.15, -0.1) is 11.3 Å². The van der Waals surface area contributed by atoms with Crippen molar-refractivity contribution in [2.24, 2.45) is 0 Å². The number of hydrogen-bond acceptors (Lipinski definition) is 4. The maximum absolute atomic E-state index is 12.4. The van der Waals surface area contributed by atoms with E-state index >= 15 is 0 Å². The Morgan fingerprint density at radius 3 is 2.62 bits per heavy atom. The number of aromatic nitrogens is 1. The van der Waals surface area contributed by atoms with E-state index in [4.69, 9.17) is 11.6 Å². The van der Waals surface area contributed by atoms with E-state index in [2.05, 4.69) is 15.6 Å². The van der Waals surface area contributed by atoms with Gasteiger partial charge in [0.1, 0.15) is 0 Å². The first kappa shape index (κ1) is 18.1. The van der Waals surface area contributed by atoms with E-state index in [1.165, 1.54) is 11.3 Å². The van der Waals surface area contributed by atoms with E-state index in [1.54, 1.807) is 43.3 Å². The molecule has 0 atom stereocenters. The highest BCUT2D eigenvalue weighted by Crippen LogP contribution is 2.26. The third-order valence-corrected chi connectivity index (χ3v) is 4.60. The molecule has 0 radical (unpaired) electrons. The fourth-order valence-electron chi connectivity index (χ4n) is 2.24. The summed E-state index contributed by atoms with van der Waals surface area (Å²) < 4.78 is 0. The molecule has 0 unspecified atom stereocenters. The van der Waals surface area contributed by atoms with Crippen molar-refractivity contribution >= 4 is 45.6 Å². The first-order valence-corrected chi connectivity index (χ1v) is 9.23. The summed E-state index contributed by atoms with van der Waals surface area (Å²) in [6.45, 7) is 1.77. The number of thiazole rings is 1. The second-order valence-corrected chi connectivity index (χ2v) is 6.78. The molecular formula is C19H16ClN3O2S. The standard InChI is InChI=1S/C19H16ClN3O2S/c1-2-17(24)21-15-5-3-4-13(10-15)18(25)23-19-22-16(11-26-19)12-6-8-14(20)9-7-12/h3-11H,2H2,1H3,(H,21,24)(H,22,23,25). The molecule has 0 aliphatic carbocycles. The zero-order valence-corrected chi connectivity index (χ0v) is 15.5. The van der Waals surface area contributed by atoms with Crippen LogP contribution in [0.15, 0.2) is 53.9 Å². The van der Waals surface area contributed by atoms with Crippen LogP contribution in [0, 0.1) is 0 Å². The lowest BCUT2D eigenvalue weighted by Gasteiger charge is -2.06. The van der Waals surface area contributed by atoms with Gasteiger partial charge in [-0.1, -0.05) is 36.7 Å². The van der Waals surface area contributed by atoms with Crippen LogP contribution < -0.4 is 10.6 Å². The van der Waals surface area contributed by atoms with Crippen LogP contribution in [-0.4, -0.2) is 16.8 Å². The number of carbonyl (C=O) groups excluding carboxylic acids is 2. The summed E-state index contributed by atoms with van der Waals surface area (Å²) in [4.78, 5) is 28.4. The normalized spacial score (nSPS) is 10.4. The van der Waals surface area contributed by atoms with Crippen LogP contribution in [0.3, 0.4) is 0 Å². The molecule has 1 aromatic heterocycles. The number of carbonyl (C=O) groups is 2. The van der Waals surface area contributed by atoms with Gasteiger partial charge in [0.25, 0.3) is 5.91 Å². The molecule has 132 valence electrons. The first-order chi connectivity index (χ1) is 12.5. The number of nitrogens with one attached hydrogen (secondary N) is 2. The molecule has 0 saturated heterocycles. The van der Waals surface area contributed by atoms with E-state index in [1.807, 2.05) is 17.5 Å². The largest absolute Gasteiger partial charge is 0.326 e. The summed E-state index contributed by atoms with van der Waals surface area (Å²) in [5, 5.41) is 8.56. The van der Waals surface area contributed by atoms with E-state index < -0.39 is 0 Å². The van der Waals surface area contributed by atoms with Gasteiger partial charge in [0, 0.05) is 33.6 Å². The molecule has 3 aromatic rings. The number of nitrogens with zero attached hydrogens (tertiary/aromatic N) is 1. The Balaban J connectivity index is 1.71. The zero-order valence-electron chi connectivity index (χ0n) is 14.0. The summed E-state index contributed by atoms with van der Waals surface area (Å²) in [5.74, 6) is -0.385. The number of amides is 2. The van der Waals surface area contributed by atoms with Crippen LogP contribution in [0.1, 0.15) is 23.7 Å². The highest BCUT2D eigenvalue weighted by molar-refractivity contribution is 7.14. The molecule has 2 aromatic carbocycles. The lowest BCUT2D eigenvalue weighted by atomic mass is 10.2. The molecule has 0 fully saturated rings. The predicted molar refractivity (Wildman–Crippen MR) is 106 cm³/mol. The summed E-state index contributed by atoms with van der Waals surface area (Å²) in [5.41, 5.74) is 2.73. The minimum absolute atomic E-state index is 0.102. The van der Waals surface area contributed by atoms with Gasteiger partial charge in [-0.2, -0.15) is 0 Å². The summed E-state index contributed by atoms with van der Waals surface area (Å²) in [7, 11) is 0. The Bertz CT molecular complexity index is 938. The van der Waals surface area contributed by atoms with Gasteiger partial charge in [0.05, 0.1) is 5.69 Å². The Morgan fingerprint density at radius 2 is 1.88 bits per heavy atom. The van der Waals surface area contributed by atoms with Gasteiger partial charge in [-0.3, -0.25) is 14.9 Å². The van der Waals surface area contributed by atoms with E-state index in [0.29, 0.717) is 27.8 Å². The highest BCUT2D eigenvalue weighted by atomic mass is 35.5. The Kier molecular flexibility index (Phi) is 5.65. The van der Waals surface area contributed by atoms with Crippen LogP contribution in [0.4, 0.5) is 10.8 Å². The fraction of sp³-hybridized carbons (Fsp3) is 0.105. The van der Waals surface area contributed by atoms with Crippen LogP contribution in [-0.2, 0) is 4.79 Å². The molecule has 2 N–H and O–H groups in total. The topological polar surface area (TPSA) is 71.1 Å². The minimum atomic E-state index is -0.283. The molecule has 0 aliphatic heterocycles. The van der Waals surface area contributed by atoms with E-state index in [0.717, 1.165) is 11.3 Å². The Labute approximate surface area is 160 Å². The number of anilines is 2. The molecule has 0 saturated carbocycles. The van der Waals surface area contributed by atoms with Crippen molar-refractivity contribution in [2.75, 3.05) is 10.6 Å². The predicted octanol–water partition coefficient (Wildman–Crippen LogP) is 5.06. The lowest BCUT2D eigenvalue weighted by molar-refractivity contribution is -0.115. The third-order valence-electron chi connectivity index (χ3n) is 3.59. The molecule has 0 aliphatic rings. The molecule has 0 spiro atoms. The van der Waals surface area contributed by atoms with E-state index in [-0.39, 0.29) is 11.8 Å². The number of rotatable bonds is 5. The number of halogens is 1. The maximum Gasteiger partial charge on any atom is 0.257 e. The van der Waals surface area contributed by atoms with Crippen LogP contribution in [0.5, 0.6) is 0 Å². The average molecular weight is 386 g/mol. The molecule has 0 bridgehead atoms.